The minimum atomic E-state index is -0.262. The number of ether oxygens (including phenoxy) is 1. The lowest BCUT2D eigenvalue weighted by molar-refractivity contribution is -0.116. The smallest absolute Gasteiger partial charge is 0.321 e. The minimum absolute atomic E-state index is 0.106. The molecule has 2 fully saturated rings. The van der Waals surface area contributed by atoms with Crippen molar-refractivity contribution in [3.05, 3.63) is 54.1 Å². The van der Waals surface area contributed by atoms with Crippen LogP contribution in [-0.2, 0) is 4.79 Å². The highest BCUT2D eigenvalue weighted by Crippen LogP contribution is 2.46. The predicted octanol–water partition coefficient (Wildman–Crippen LogP) is 4.50. The molecule has 6 nitrogen and oxygen atoms in total. The molecule has 2 aliphatic rings. The summed E-state index contributed by atoms with van der Waals surface area (Å²) >= 11 is 1.71. The highest BCUT2D eigenvalue weighted by molar-refractivity contribution is 8.02. The molecule has 0 aromatic heterocycles. The standard InChI is InChI=1S/C23H27N3O3S/c1-3-29-20-10-6-18(7-11-20)24-22(28)25-14-12-23(13-15-25)26(21(27)16-30-23)19-8-4-17(2)5-9-19/h4-11H,3,12-16H2,1-2H3,(H,24,28). The Morgan fingerprint density at radius 2 is 1.77 bits per heavy atom. The largest absolute Gasteiger partial charge is 0.494 e. The number of aryl methyl sites for hydroxylation is 1. The number of hydrogen-bond donors (Lipinski definition) is 1. The first-order chi connectivity index (χ1) is 14.5. The topological polar surface area (TPSA) is 61.9 Å². The maximum absolute atomic E-state index is 12.7. The SMILES string of the molecule is CCOc1ccc(NC(=O)N2CCC3(CC2)SCC(=O)N3c2ccc(C)cc2)cc1. The average Bonchev–Trinajstić information content (AvgIpc) is 3.06. The Hall–Kier alpha value is -2.67. The molecule has 2 aromatic rings. The van der Waals surface area contributed by atoms with Crippen LogP contribution in [-0.4, -0.2) is 47.2 Å². The maximum atomic E-state index is 12.7. The molecule has 158 valence electrons. The molecule has 7 heteroatoms. The number of carbonyl (C=O) groups is 2. The van der Waals surface area contributed by atoms with Gasteiger partial charge in [0.2, 0.25) is 5.91 Å². The van der Waals surface area contributed by atoms with Crippen molar-refractivity contribution >= 4 is 35.1 Å². The van der Waals surface area contributed by atoms with Gasteiger partial charge in [0, 0.05) is 24.5 Å². The quantitative estimate of drug-likeness (QED) is 0.784. The van der Waals surface area contributed by atoms with Crippen LogP contribution in [0.5, 0.6) is 5.75 Å². The summed E-state index contributed by atoms with van der Waals surface area (Å²) in [5.74, 6) is 1.43. The Bertz CT molecular complexity index is 906. The Morgan fingerprint density at radius 3 is 2.40 bits per heavy atom. The molecule has 0 atom stereocenters. The lowest BCUT2D eigenvalue weighted by Crippen LogP contribution is -2.53. The highest BCUT2D eigenvalue weighted by Gasteiger charge is 2.49. The lowest BCUT2D eigenvalue weighted by Gasteiger charge is -2.43. The van der Waals surface area contributed by atoms with Gasteiger partial charge in [0.25, 0.3) is 0 Å². The number of carbonyl (C=O) groups excluding carboxylic acids is 2. The molecule has 2 aliphatic heterocycles. The third kappa shape index (κ3) is 4.12. The number of rotatable bonds is 4. The second-order valence-electron chi connectivity index (χ2n) is 7.67. The molecule has 2 saturated heterocycles. The van der Waals surface area contributed by atoms with Gasteiger partial charge in [-0.15, -0.1) is 11.8 Å². The van der Waals surface area contributed by atoms with E-state index < -0.39 is 0 Å². The summed E-state index contributed by atoms with van der Waals surface area (Å²) in [4.78, 5) is 28.9. The van der Waals surface area contributed by atoms with E-state index in [1.165, 1.54) is 5.56 Å². The van der Waals surface area contributed by atoms with Crippen molar-refractivity contribution in [3.8, 4) is 5.75 Å². The van der Waals surface area contributed by atoms with Gasteiger partial charge in [-0.1, -0.05) is 17.7 Å². The third-order valence-electron chi connectivity index (χ3n) is 5.66. The van der Waals surface area contributed by atoms with Gasteiger partial charge in [0.1, 0.15) is 5.75 Å². The van der Waals surface area contributed by atoms with Crippen LogP contribution in [0.15, 0.2) is 48.5 Å². The number of likely N-dealkylation sites (tertiary alicyclic amines) is 1. The van der Waals surface area contributed by atoms with Gasteiger partial charge in [-0.2, -0.15) is 0 Å². The molecule has 3 amide bonds. The van der Waals surface area contributed by atoms with Crippen LogP contribution >= 0.6 is 11.8 Å². The molecular weight excluding hydrogens is 398 g/mol. The van der Waals surface area contributed by atoms with Crippen LogP contribution in [0.25, 0.3) is 0 Å². The number of anilines is 2. The van der Waals surface area contributed by atoms with Gasteiger partial charge in [0.05, 0.1) is 17.2 Å². The highest BCUT2D eigenvalue weighted by atomic mass is 32.2. The molecule has 1 N–H and O–H groups in total. The molecule has 0 radical (unpaired) electrons. The van der Waals surface area contributed by atoms with Crippen LogP contribution in [0.4, 0.5) is 16.2 Å². The van der Waals surface area contributed by atoms with E-state index in [1.807, 2.05) is 72.2 Å². The first-order valence-corrected chi connectivity index (χ1v) is 11.3. The first kappa shape index (κ1) is 20.6. The van der Waals surface area contributed by atoms with Crippen LogP contribution in [0.1, 0.15) is 25.3 Å². The molecule has 2 heterocycles. The zero-order valence-electron chi connectivity index (χ0n) is 17.4. The maximum Gasteiger partial charge on any atom is 0.321 e. The summed E-state index contributed by atoms with van der Waals surface area (Å²) in [6.45, 7) is 5.83. The van der Waals surface area contributed by atoms with E-state index in [0.717, 1.165) is 30.0 Å². The Morgan fingerprint density at radius 1 is 1.10 bits per heavy atom. The van der Waals surface area contributed by atoms with Gasteiger partial charge in [-0.25, -0.2) is 4.79 Å². The normalized spacial score (nSPS) is 18.0. The van der Waals surface area contributed by atoms with Crippen molar-refractivity contribution in [1.82, 2.24) is 4.90 Å². The summed E-state index contributed by atoms with van der Waals surface area (Å²) in [6.07, 6.45) is 1.52. The molecule has 1 spiro atoms. The molecular formula is C23H27N3O3S. The second kappa shape index (κ2) is 8.60. The summed E-state index contributed by atoms with van der Waals surface area (Å²) in [5.41, 5.74) is 2.87. The zero-order valence-corrected chi connectivity index (χ0v) is 18.2. The molecule has 4 rings (SSSR count). The molecule has 2 aromatic carbocycles. The summed E-state index contributed by atoms with van der Waals surface area (Å²) in [7, 11) is 0. The van der Waals surface area contributed by atoms with Gasteiger partial charge in [-0.05, 0) is 63.1 Å². The van der Waals surface area contributed by atoms with E-state index >= 15 is 0 Å². The van der Waals surface area contributed by atoms with E-state index in [-0.39, 0.29) is 16.8 Å². The van der Waals surface area contributed by atoms with Crippen molar-refractivity contribution in [2.24, 2.45) is 0 Å². The fourth-order valence-electron chi connectivity index (χ4n) is 4.06. The van der Waals surface area contributed by atoms with Crippen molar-refractivity contribution in [2.45, 2.75) is 31.6 Å². The van der Waals surface area contributed by atoms with Gasteiger partial charge >= 0.3 is 6.03 Å². The summed E-state index contributed by atoms with van der Waals surface area (Å²) < 4.78 is 5.44. The molecule has 0 bridgehead atoms. The number of nitrogens with one attached hydrogen (secondary N) is 1. The number of amides is 3. The van der Waals surface area contributed by atoms with Crippen molar-refractivity contribution in [3.63, 3.8) is 0 Å². The van der Waals surface area contributed by atoms with E-state index in [0.29, 0.717) is 25.4 Å². The van der Waals surface area contributed by atoms with Gasteiger partial charge in [0.15, 0.2) is 0 Å². The number of hydrogen-bond acceptors (Lipinski definition) is 4. The van der Waals surface area contributed by atoms with Crippen molar-refractivity contribution in [1.29, 1.82) is 0 Å². The number of thioether (sulfide) groups is 1. The second-order valence-corrected chi connectivity index (χ2v) is 9.01. The van der Waals surface area contributed by atoms with Crippen LogP contribution < -0.4 is 15.0 Å². The molecule has 30 heavy (non-hydrogen) atoms. The van der Waals surface area contributed by atoms with Crippen LogP contribution in [0, 0.1) is 6.92 Å². The van der Waals surface area contributed by atoms with E-state index in [1.54, 1.807) is 11.8 Å². The Labute approximate surface area is 181 Å². The summed E-state index contributed by atoms with van der Waals surface area (Å²) in [6, 6.07) is 15.4. The fourth-order valence-corrected chi connectivity index (χ4v) is 5.39. The predicted molar refractivity (Wildman–Crippen MR) is 121 cm³/mol. The minimum Gasteiger partial charge on any atom is -0.494 e. The van der Waals surface area contributed by atoms with E-state index in [9.17, 15) is 9.59 Å². The average molecular weight is 426 g/mol. The zero-order chi connectivity index (χ0) is 21.1. The summed E-state index contributed by atoms with van der Waals surface area (Å²) in [5, 5.41) is 2.96. The van der Waals surface area contributed by atoms with Crippen molar-refractivity contribution < 1.29 is 14.3 Å². The van der Waals surface area contributed by atoms with E-state index in [4.69, 9.17) is 4.74 Å². The first-order valence-electron chi connectivity index (χ1n) is 10.3. The number of urea groups is 1. The Kier molecular flexibility index (Phi) is 5.90. The number of piperidine rings is 1. The molecule has 0 saturated carbocycles. The number of benzene rings is 2. The third-order valence-corrected chi connectivity index (χ3v) is 7.18. The fraction of sp³-hybridized carbons (Fsp3) is 0.391. The number of nitrogens with zero attached hydrogens (tertiary/aromatic N) is 2. The molecule has 0 aliphatic carbocycles. The Balaban J connectivity index is 1.40. The van der Waals surface area contributed by atoms with Crippen LogP contribution in [0.3, 0.4) is 0 Å². The van der Waals surface area contributed by atoms with Gasteiger partial charge < -0.3 is 15.0 Å². The lowest BCUT2D eigenvalue weighted by atomic mass is 10.0. The van der Waals surface area contributed by atoms with Gasteiger partial charge in [-0.3, -0.25) is 9.69 Å². The van der Waals surface area contributed by atoms with E-state index in [2.05, 4.69) is 5.32 Å². The van der Waals surface area contributed by atoms with Crippen LogP contribution in [0.2, 0.25) is 0 Å². The monoisotopic (exact) mass is 425 g/mol. The van der Waals surface area contributed by atoms with Crippen molar-refractivity contribution in [2.75, 3.05) is 35.7 Å². The molecule has 0 unspecified atom stereocenters.